The van der Waals surface area contributed by atoms with Gasteiger partial charge in [-0.15, -0.1) is 0 Å². The number of hydrogen-bond acceptors (Lipinski definition) is 2. The number of amides is 2. The summed E-state index contributed by atoms with van der Waals surface area (Å²) in [6.07, 6.45) is 0. The molecule has 0 saturated heterocycles. The van der Waals surface area contributed by atoms with Crippen LogP contribution in [0, 0.1) is 17.4 Å². The van der Waals surface area contributed by atoms with Gasteiger partial charge in [0.1, 0.15) is 0 Å². The highest BCUT2D eigenvalue weighted by atomic mass is 127. The molecular weight excluding hydrogens is 377 g/mol. The van der Waals surface area contributed by atoms with Crippen LogP contribution < -0.4 is 0 Å². The normalized spacial score (nSPS) is 13.8. The monoisotopic (exact) mass is 391 g/mol. The Hall–Kier alpha value is -1.69. The van der Waals surface area contributed by atoms with Gasteiger partial charge in [-0.2, -0.15) is 0 Å². The lowest BCUT2D eigenvalue weighted by Crippen LogP contribution is -2.29. The lowest BCUT2D eigenvalue weighted by molar-refractivity contribution is 0.0642. The highest BCUT2D eigenvalue weighted by molar-refractivity contribution is 14.1. The molecule has 0 radical (unpaired) electrons. The Morgan fingerprint density at radius 3 is 2.52 bits per heavy atom. The molecule has 2 aromatic carbocycles. The molecule has 1 aliphatic heterocycles. The molecule has 2 amide bonds. The summed E-state index contributed by atoms with van der Waals surface area (Å²) in [5.41, 5.74) is 4.28. The third kappa shape index (κ3) is 2.37. The largest absolute Gasteiger partial charge is 0.270 e. The van der Waals surface area contributed by atoms with Crippen LogP contribution in [0.5, 0.6) is 0 Å². The Kier molecular flexibility index (Phi) is 3.57. The zero-order valence-electron chi connectivity index (χ0n) is 11.8. The number of benzene rings is 2. The van der Waals surface area contributed by atoms with Gasteiger partial charge in [0, 0.05) is 3.57 Å². The highest BCUT2D eigenvalue weighted by Gasteiger charge is 2.36. The molecule has 1 aliphatic rings. The van der Waals surface area contributed by atoms with Crippen molar-refractivity contribution in [3.8, 4) is 0 Å². The molecule has 0 unspecified atom stereocenters. The van der Waals surface area contributed by atoms with Gasteiger partial charge >= 0.3 is 0 Å². The fraction of sp³-hybridized carbons (Fsp3) is 0.176. The number of rotatable bonds is 2. The standard InChI is InChI=1S/C17H14INO2/c1-10-6-7-11(2)12(8-10)9-19-16(20)13-4-3-5-14(18)15(13)17(19)21/h3-8H,9H2,1-2H3. The molecule has 0 aromatic heterocycles. The van der Waals surface area contributed by atoms with E-state index >= 15 is 0 Å². The van der Waals surface area contributed by atoms with Gasteiger partial charge in [-0.05, 0) is 59.7 Å². The number of aryl methyl sites for hydroxylation is 2. The fourth-order valence-corrected chi connectivity index (χ4v) is 3.31. The predicted octanol–water partition coefficient (Wildman–Crippen LogP) is 3.70. The molecule has 3 rings (SSSR count). The predicted molar refractivity (Wildman–Crippen MR) is 89.3 cm³/mol. The molecule has 3 nitrogen and oxygen atoms in total. The van der Waals surface area contributed by atoms with Crippen molar-refractivity contribution < 1.29 is 9.59 Å². The maximum Gasteiger partial charge on any atom is 0.262 e. The van der Waals surface area contributed by atoms with Crippen LogP contribution in [0.25, 0.3) is 0 Å². The van der Waals surface area contributed by atoms with Crippen LogP contribution in [0.15, 0.2) is 36.4 Å². The second kappa shape index (κ2) is 5.26. The van der Waals surface area contributed by atoms with Crippen LogP contribution >= 0.6 is 22.6 Å². The number of halogens is 1. The van der Waals surface area contributed by atoms with Gasteiger partial charge in [0.15, 0.2) is 0 Å². The first-order chi connectivity index (χ1) is 9.99. The third-order valence-corrected chi connectivity index (χ3v) is 4.68. The maximum absolute atomic E-state index is 12.5. The molecule has 2 aromatic rings. The van der Waals surface area contributed by atoms with E-state index in [4.69, 9.17) is 0 Å². The highest BCUT2D eigenvalue weighted by Crippen LogP contribution is 2.28. The summed E-state index contributed by atoms with van der Waals surface area (Å²) in [7, 11) is 0. The van der Waals surface area contributed by atoms with Crippen molar-refractivity contribution >= 4 is 34.4 Å². The molecule has 21 heavy (non-hydrogen) atoms. The van der Waals surface area contributed by atoms with Crippen LogP contribution in [-0.2, 0) is 6.54 Å². The Labute approximate surface area is 137 Å². The molecular formula is C17H14INO2. The van der Waals surface area contributed by atoms with Gasteiger partial charge in [0.2, 0.25) is 0 Å². The van der Waals surface area contributed by atoms with E-state index in [9.17, 15) is 9.59 Å². The average molecular weight is 391 g/mol. The van der Waals surface area contributed by atoms with Crippen molar-refractivity contribution in [2.24, 2.45) is 0 Å². The van der Waals surface area contributed by atoms with E-state index in [1.807, 2.05) is 44.2 Å². The number of imide groups is 1. The number of nitrogens with zero attached hydrogens (tertiary/aromatic N) is 1. The average Bonchev–Trinajstić information content (AvgIpc) is 2.69. The Morgan fingerprint density at radius 1 is 1.05 bits per heavy atom. The fourth-order valence-electron chi connectivity index (χ4n) is 2.58. The smallest absolute Gasteiger partial charge is 0.262 e. The molecule has 0 fully saturated rings. The summed E-state index contributed by atoms with van der Waals surface area (Å²) in [5.74, 6) is -0.393. The van der Waals surface area contributed by atoms with Crippen molar-refractivity contribution in [1.29, 1.82) is 0 Å². The van der Waals surface area contributed by atoms with Gasteiger partial charge in [-0.1, -0.05) is 29.8 Å². The van der Waals surface area contributed by atoms with Gasteiger partial charge < -0.3 is 0 Å². The van der Waals surface area contributed by atoms with Crippen molar-refractivity contribution in [3.05, 3.63) is 67.8 Å². The minimum absolute atomic E-state index is 0.194. The van der Waals surface area contributed by atoms with E-state index in [2.05, 4.69) is 22.6 Å². The topological polar surface area (TPSA) is 37.4 Å². The summed E-state index contributed by atoms with van der Waals surface area (Å²) < 4.78 is 0.826. The number of fused-ring (bicyclic) bond motifs is 1. The second-order valence-corrected chi connectivity index (χ2v) is 6.45. The van der Waals surface area contributed by atoms with E-state index in [1.165, 1.54) is 4.90 Å². The van der Waals surface area contributed by atoms with Crippen LogP contribution in [0.3, 0.4) is 0 Å². The molecule has 0 atom stereocenters. The minimum atomic E-state index is -0.200. The van der Waals surface area contributed by atoms with Crippen LogP contribution in [0.4, 0.5) is 0 Å². The van der Waals surface area contributed by atoms with Crippen molar-refractivity contribution in [2.45, 2.75) is 20.4 Å². The lowest BCUT2D eigenvalue weighted by Gasteiger charge is -2.16. The number of carbonyl (C=O) groups excluding carboxylic acids is 2. The van der Waals surface area contributed by atoms with Gasteiger partial charge in [0.05, 0.1) is 17.7 Å². The summed E-state index contributed by atoms with van der Waals surface area (Å²) in [6, 6.07) is 11.5. The van der Waals surface area contributed by atoms with E-state index in [1.54, 1.807) is 6.07 Å². The first-order valence-corrected chi connectivity index (χ1v) is 7.78. The summed E-state index contributed by atoms with van der Waals surface area (Å²) in [6.45, 7) is 4.33. The summed E-state index contributed by atoms with van der Waals surface area (Å²) in [4.78, 5) is 26.3. The number of hydrogen-bond donors (Lipinski definition) is 0. The zero-order chi connectivity index (χ0) is 15.1. The molecule has 0 spiro atoms. The second-order valence-electron chi connectivity index (χ2n) is 5.29. The molecule has 106 valence electrons. The van der Waals surface area contributed by atoms with Crippen LogP contribution in [0.1, 0.15) is 37.4 Å². The van der Waals surface area contributed by atoms with Crippen molar-refractivity contribution in [2.75, 3.05) is 0 Å². The summed E-state index contributed by atoms with van der Waals surface area (Å²) in [5, 5.41) is 0. The van der Waals surface area contributed by atoms with E-state index in [0.717, 1.165) is 20.3 Å². The van der Waals surface area contributed by atoms with Gasteiger partial charge in [0.25, 0.3) is 11.8 Å². The van der Waals surface area contributed by atoms with E-state index < -0.39 is 0 Å². The van der Waals surface area contributed by atoms with E-state index in [-0.39, 0.29) is 11.8 Å². The maximum atomic E-state index is 12.5. The van der Waals surface area contributed by atoms with Crippen molar-refractivity contribution in [3.63, 3.8) is 0 Å². The van der Waals surface area contributed by atoms with Crippen LogP contribution in [-0.4, -0.2) is 16.7 Å². The first-order valence-electron chi connectivity index (χ1n) is 6.70. The molecule has 0 aliphatic carbocycles. The molecule has 4 heteroatoms. The van der Waals surface area contributed by atoms with Gasteiger partial charge in [-0.25, -0.2) is 0 Å². The first kappa shape index (κ1) is 14.3. The van der Waals surface area contributed by atoms with Crippen LogP contribution in [0.2, 0.25) is 0 Å². The molecule has 0 bridgehead atoms. The lowest BCUT2D eigenvalue weighted by atomic mass is 10.1. The number of carbonyl (C=O) groups is 2. The quantitative estimate of drug-likeness (QED) is 0.578. The molecule has 1 heterocycles. The summed E-state index contributed by atoms with van der Waals surface area (Å²) >= 11 is 2.10. The Bertz CT molecular complexity index is 767. The Balaban J connectivity index is 1.99. The SMILES string of the molecule is Cc1ccc(C)c(CN2C(=O)c3cccc(I)c3C2=O)c1. The molecule has 0 saturated carbocycles. The van der Waals surface area contributed by atoms with Gasteiger partial charge in [-0.3, -0.25) is 14.5 Å². The minimum Gasteiger partial charge on any atom is -0.270 e. The molecule has 0 N–H and O–H groups in total. The van der Waals surface area contributed by atoms with Crippen molar-refractivity contribution in [1.82, 2.24) is 4.90 Å². The van der Waals surface area contributed by atoms with E-state index in [0.29, 0.717) is 17.7 Å². The zero-order valence-corrected chi connectivity index (χ0v) is 14.0. The Morgan fingerprint density at radius 2 is 1.81 bits per heavy atom. The third-order valence-electron chi connectivity index (χ3n) is 3.78.